The van der Waals surface area contributed by atoms with Crippen LogP contribution in [-0.4, -0.2) is 17.9 Å². The van der Waals surface area contributed by atoms with E-state index in [4.69, 9.17) is 11.6 Å². The van der Waals surface area contributed by atoms with Crippen molar-refractivity contribution in [3.8, 4) is 0 Å². The lowest BCUT2D eigenvalue weighted by atomic mass is 10.1. The van der Waals surface area contributed by atoms with Crippen molar-refractivity contribution in [3.63, 3.8) is 0 Å². The van der Waals surface area contributed by atoms with E-state index in [1.54, 1.807) is 16.2 Å². The van der Waals surface area contributed by atoms with Crippen molar-refractivity contribution in [2.75, 3.05) is 11.9 Å². The fourth-order valence-corrected chi connectivity index (χ4v) is 4.14. The maximum Gasteiger partial charge on any atom is 0.232 e. The normalized spacial score (nSPS) is 19.7. The summed E-state index contributed by atoms with van der Waals surface area (Å²) >= 11 is 7.79. The van der Waals surface area contributed by atoms with Crippen LogP contribution in [-0.2, 0) is 4.79 Å². The van der Waals surface area contributed by atoms with Crippen LogP contribution in [0.5, 0.6) is 0 Å². The van der Waals surface area contributed by atoms with Crippen LogP contribution in [0.3, 0.4) is 0 Å². The number of fused-ring (bicyclic) bond motifs is 1. The highest BCUT2D eigenvalue weighted by molar-refractivity contribution is 7.22. The van der Waals surface area contributed by atoms with Gasteiger partial charge in [-0.05, 0) is 36.1 Å². The Kier molecular flexibility index (Phi) is 3.58. The van der Waals surface area contributed by atoms with Crippen LogP contribution in [0.25, 0.3) is 10.2 Å². The first-order valence-corrected chi connectivity index (χ1v) is 8.72. The molecule has 3 nitrogen and oxygen atoms in total. The van der Waals surface area contributed by atoms with Gasteiger partial charge in [-0.3, -0.25) is 9.69 Å². The molecule has 2 atom stereocenters. The highest BCUT2D eigenvalue weighted by atomic mass is 35.5. The summed E-state index contributed by atoms with van der Waals surface area (Å²) in [7, 11) is 1.81. The van der Waals surface area contributed by atoms with Crippen molar-refractivity contribution in [1.29, 1.82) is 0 Å². The fourth-order valence-electron chi connectivity index (χ4n) is 2.93. The number of rotatable bonds is 3. The Morgan fingerprint density at radius 2 is 1.96 bits per heavy atom. The average molecular weight is 343 g/mol. The second-order valence-corrected chi connectivity index (χ2v) is 7.25. The van der Waals surface area contributed by atoms with Crippen molar-refractivity contribution in [3.05, 3.63) is 59.1 Å². The molecule has 1 aliphatic rings. The Labute approximate surface area is 143 Å². The third kappa shape index (κ3) is 2.62. The molecular weight excluding hydrogens is 328 g/mol. The lowest BCUT2D eigenvalue weighted by Crippen LogP contribution is -2.28. The molecule has 1 aromatic heterocycles. The summed E-state index contributed by atoms with van der Waals surface area (Å²) in [5, 5.41) is 1.50. The molecule has 2 unspecified atom stereocenters. The summed E-state index contributed by atoms with van der Waals surface area (Å²) in [5.74, 6) is 0.355. The Balaban J connectivity index is 1.54. The van der Waals surface area contributed by atoms with Gasteiger partial charge >= 0.3 is 0 Å². The van der Waals surface area contributed by atoms with E-state index < -0.39 is 0 Å². The molecule has 4 rings (SSSR count). The van der Waals surface area contributed by atoms with E-state index in [1.807, 2.05) is 55.6 Å². The molecule has 1 aliphatic carbocycles. The van der Waals surface area contributed by atoms with Gasteiger partial charge in [0.05, 0.1) is 10.2 Å². The van der Waals surface area contributed by atoms with Gasteiger partial charge in [-0.15, -0.1) is 0 Å². The predicted molar refractivity (Wildman–Crippen MR) is 95.3 cm³/mol. The summed E-state index contributed by atoms with van der Waals surface area (Å²) in [4.78, 5) is 19.0. The van der Waals surface area contributed by atoms with Gasteiger partial charge in [-0.25, -0.2) is 4.98 Å². The molecule has 2 aromatic carbocycles. The van der Waals surface area contributed by atoms with Gasteiger partial charge < -0.3 is 0 Å². The average Bonchev–Trinajstić information content (AvgIpc) is 3.24. The topological polar surface area (TPSA) is 33.2 Å². The van der Waals surface area contributed by atoms with Crippen LogP contribution in [0.1, 0.15) is 17.9 Å². The minimum absolute atomic E-state index is 0.00640. The lowest BCUT2D eigenvalue weighted by Gasteiger charge is -2.13. The molecule has 1 saturated carbocycles. The number of carbonyl (C=O) groups is 1. The number of hydrogen-bond acceptors (Lipinski definition) is 3. The van der Waals surface area contributed by atoms with Gasteiger partial charge in [0.2, 0.25) is 5.91 Å². The van der Waals surface area contributed by atoms with E-state index in [0.29, 0.717) is 0 Å². The van der Waals surface area contributed by atoms with E-state index in [9.17, 15) is 4.79 Å². The number of para-hydroxylation sites is 1. The number of carbonyl (C=O) groups excluding carboxylic acids is 1. The number of amides is 1. The molecule has 116 valence electrons. The Hall–Kier alpha value is -1.91. The summed E-state index contributed by atoms with van der Waals surface area (Å²) in [6.45, 7) is 0. The van der Waals surface area contributed by atoms with E-state index in [2.05, 4.69) is 4.98 Å². The van der Waals surface area contributed by atoms with Crippen LogP contribution < -0.4 is 4.90 Å². The largest absolute Gasteiger partial charge is 0.291 e. The zero-order chi connectivity index (χ0) is 16.0. The van der Waals surface area contributed by atoms with Gasteiger partial charge in [-0.2, -0.15) is 0 Å². The molecular formula is C18H15ClN2OS. The zero-order valence-corrected chi connectivity index (χ0v) is 14.1. The quantitative estimate of drug-likeness (QED) is 0.690. The van der Waals surface area contributed by atoms with E-state index >= 15 is 0 Å². The standard InChI is InChI=1S/C18H15ClN2OS/c1-21(18-20-15-8-4-5-9-16(15)23-18)17(22)13-10-12(13)11-6-2-3-7-14(11)19/h2-9,12-13H,10H2,1H3. The first-order chi connectivity index (χ1) is 11.1. The maximum absolute atomic E-state index is 12.7. The molecule has 23 heavy (non-hydrogen) atoms. The molecule has 5 heteroatoms. The Morgan fingerprint density at radius 3 is 2.74 bits per heavy atom. The van der Waals surface area contributed by atoms with Crippen LogP contribution in [0.4, 0.5) is 5.13 Å². The van der Waals surface area contributed by atoms with Gasteiger partial charge in [0.15, 0.2) is 5.13 Å². The molecule has 0 bridgehead atoms. The van der Waals surface area contributed by atoms with Gasteiger partial charge in [-0.1, -0.05) is 53.3 Å². The Morgan fingerprint density at radius 1 is 1.22 bits per heavy atom. The lowest BCUT2D eigenvalue weighted by molar-refractivity contribution is -0.119. The molecule has 0 N–H and O–H groups in total. The fraction of sp³-hybridized carbons (Fsp3) is 0.222. The molecule has 0 spiro atoms. The number of nitrogens with zero attached hydrogens (tertiary/aromatic N) is 2. The number of hydrogen-bond donors (Lipinski definition) is 0. The number of aromatic nitrogens is 1. The monoisotopic (exact) mass is 342 g/mol. The van der Waals surface area contributed by atoms with Gasteiger partial charge in [0.1, 0.15) is 0 Å². The highest BCUT2D eigenvalue weighted by Crippen LogP contribution is 2.50. The molecule has 3 aromatic rings. The number of anilines is 1. The molecule has 0 aliphatic heterocycles. The highest BCUT2D eigenvalue weighted by Gasteiger charge is 2.46. The van der Waals surface area contributed by atoms with Gasteiger partial charge in [0, 0.05) is 18.0 Å². The van der Waals surface area contributed by atoms with E-state index in [1.165, 1.54) is 0 Å². The van der Waals surface area contributed by atoms with Crippen molar-refractivity contribution in [2.24, 2.45) is 5.92 Å². The van der Waals surface area contributed by atoms with Crippen molar-refractivity contribution in [1.82, 2.24) is 4.98 Å². The molecule has 0 radical (unpaired) electrons. The second kappa shape index (κ2) is 5.62. The third-order valence-corrected chi connectivity index (χ3v) is 5.77. The van der Waals surface area contributed by atoms with Crippen LogP contribution >= 0.6 is 22.9 Å². The van der Waals surface area contributed by atoms with E-state index in [0.717, 1.165) is 32.4 Å². The van der Waals surface area contributed by atoms with Gasteiger partial charge in [0.25, 0.3) is 0 Å². The summed E-state index contributed by atoms with van der Waals surface area (Å²) in [5.41, 5.74) is 2.01. The minimum Gasteiger partial charge on any atom is -0.291 e. The van der Waals surface area contributed by atoms with Crippen LogP contribution in [0.2, 0.25) is 5.02 Å². The number of thiazole rings is 1. The molecule has 1 fully saturated rings. The third-order valence-electron chi connectivity index (χ3n) is 4.31. The first-order valence-electron chi connectivity index (χ1n) is 7.52. The van der Waals surface area contributed by atoms with Crippen molar-refractivity contribution in [2.45, 2.75) is 12.3 Å². The summed E-state index contributed by atoms with van der Waals surface area (Å²) in [6, 6.07) is 15.7. The van der Waals surface area contributed by atoms with Crippen LogP contribution in [0.15, 0.2) is 48.5 Å². The summed E-state index contributed by atoms with van der Waals surface area (Å²) < 4.78 is 1.10. The maximum atomic E-state index is 12.7. The SMILES string of the molecule is CN(C(=O)C1CC1c1ccccc1Cl)c1nc2ccccc2s1. The van der Waals surface area contributed by atoms with Crippen LogP contribution in [0, 0.1) is 5.92 Å². The molecule has 1 heterocycles. The molecule has 1 amide bonds. The molecule has 0 saturated heterocycles. The number of halogens is 1. The second-order valence-electron chi connectivity index (χ2n) is 5.83. The first kappa shape index (κ1) is 14.7. The summed E-state index contributed by atoms with van der Waals surface area (Å²) in [6.07, 6.45) is 0.859. The minimum atomic E-state index is 0.00640. The van der Waals surface area contributed by atoms with Crippen molar-refractivity contribution < 1.29 is 4.79 Å². The zero-order valence-electron chi connectivity index (χ0n) is 12.6. The van der Waals surface area contributed by atoms with Crippen molar-refractivity contribution >= 4 is 44.2 Å². The predicted octanol–water partition coefficient (Wildman–Crippen LogP) is 4.72. The smallest absolute Gasteiger partial charge is 0.232 e. The van der Waals surface area contributed by atoms with E-state index in [-0.39, 0.29) is 17.7 Å². The Bertz CT molecular complexity index is 858. The number of benzene rings is 2.